The molecule has 0 saturated heterocycles. The molecule has 46 heavy (non-hydrogen) atoms. The molecule has 0 heterocycles. The molecule has 6 atom stereocenters. The van der Waals surface area contributed by atoms with Crippen LogP contribution < -0.4 is 0 Å². The van der Waals surface area contributed by atoms with Gasteiger partial charge in [-0.15, -0.1) is 6.58 Å². The zero-order valence-corrected chi connectivity index (χ0v) is 27.3. The van der Waals surface area contributed by atoms with Gasteiger partial charge in [0.1, 0.15) is 5.75 Å². The average Bonchev–Trinajstić information content (AvgIpc) is 3.29. The average molecular weight is 664 g/mol. The van der Waals surface area contributed by atoms with Crippen LogP contribution in [0.15, 0.2) is 30.9 Å². The van der Waals surface area contributed by atoms with Crippen LogP contribution in [0.5, 0.6) is 5.75 Å². The molecule has 2 saturated carbocycles. The van der Waals surface area contributed by atoms with Gasteiger partial charge in [0.25, 0.3) is 0 Å². The Balaban J connectivity index is 1.20. The van der Waals surface area contributed by atoms with Crippen LogP contribution in [-0.4, -0.2) is 59.4 Å². The first-order chi connectivity index (χ1) is 21.5. The molecule has 4 rings (SSSR count). The Bertz CT molecular complexity index is 1170. The quantitative estimate of drug-likeness (QED) is 0.105. The fourth-order valence-corrected chi connectivity index (χ4v) is 9.39. The number of halogens is 7. The normalized spacial score (nSPS) is 29.8. The van der Waals surface area contributed by atoms with Gasteiger partial charge < -0.3 is 15.1 Å². The fraction of sp³-hybridized carbons (Fsp3) is 0.778. The number of unbranched alkanes of at least 4 members (excludes halogenated alkanes) is 6. The molecule has 0 aromatic heterocycles. The molecule has 3 aliphatic rings. The van der Waals surface area contributed by atoms with E-state index < -0.39 is 24.4 Å². The minimum atomic E-state index is -6.26. The van der Waals surface area contributed by atoms with Crippen LogP contribution >= 0.6 is 0 Å². The lowest BCUT2D eigenvalue weighted by Gasteiger charge is -2.60. The summed E-state index contributed by atoms with van der Waals surface area (Å²) >= 11 is 0. The van der Waals surface area contributed by atoms with Crippen molar-refractivity contribution in [1.29, 1.82) is 0 Å². The second-order valence-electron chi connectivity index (χ2n) is 14.7. The van der Waals surface area contributed by atoms with Gasteiger partial charge in [-0.2, -0.15) is 30.7 Å². The molecule has 0 bridgehead atoms. The lowest BCUT2D eigenvalue weighted by molar-refractivity contribution is -0.355. The molecule has 262 valence electrons. The first-order valence-corrected chi connectivity index (χ1v) is 17.1. The second kappa shape index (κ2) is 14.4. The van der Waals surface area contributed by atoms with Crippen molar-refractivity contribution in [3.8, 4) is 5.75 Å². The van der Waals surface area contributed by atoms with Gasteiger partial charge in [0.2, 0.25) is 0 Å². The van der Waals surface area contributed by atoms with Gasteiger partial charge in [0.15, 0.2) is 0 Å². The van der Waals surface area contributed by atoms with Gasteiger partial charge in [-0.3, -0.25) is 0 Å². The van der Waals surface area contributed by atoms with E-state index in [9.17, 15) is 40.9 Å². The van der Waals surface area contributed by atoms with Crippen LogP contribution in [0.3, 0.4) is 0 Å². The molecular weight excluding hydrogens is 611 g/mol. The molecule has 0 aliphatic heterocycles. The number of benzene rings is 1. The summed E-state index contributed by atoms with van der Waals surface area (Å²) in [4.78, 5) is 2.14. The lowest BCUT2D eigenvalue weighted by Crippen LogP contribution is -2.54. The van der Waals surface area contributed by atoms with Crippen molar-refractivity contribution in [2.45, 2.75) is 133 Å². The Morgan fingerprint density at radius 2 is 1.57 bits per heavy atom. The Morgan fingerprint density at radius 3 is 2.20 bits per heavy atom. The van der Waals surface area contributed by atoms with Crippen LogP contribution in [0, 0.1) is 22.7 Å². The zero-order valence-electron chi connectivity index (χ0n) is 27.3. The molecule has 3 aliphatic carbocycles. The summed E-state index contributed by atoms with van der Waals surface area (Å²) < 4.78 is 89.7. The van der Waals surface area contributed by atoms with Crippen molar-refractivity contribution in [3.63, 3.8) is 0 Å². The van der Waals surface area contributed by atoms with E-state index in [-0.39, 0.29) is 29.8 Å². The fourth-order valence-electron chi connectivity index (χ4n) is 9.39. The van der Waals surface area contributed by atoms with E-state index in [0.29, 0.717) is 42.9 Å². The SMILES string of the molecule is C=C[C@@]12CCc3cc(O)ccc3[C@H]1C(CCCCCCN(C)CCCCCCC(F)(F)C(F)(F)C(F)(F)F)C[C@@]1(C)[C@H]2CC[C@@H]1O. The number of allylic oxidation sites excluding steroid dienone is 1. The maximum atomic E-state index is 13.4. The largest absolute Gasteiger partial charge is 0.508 e. The van der Waals surface area contributed by atoms with Crippen LogP contribution in [0.1, 0.15) is 114 Å². The van der Waals surface area contributed by atoms with Gasteiger partial charge in [-0.1, -0.05) is 51.2 Å². The van der Waals surface area contributed by atoms with Crippen LogP contribution in [0.25, 0.3) is 0 Å². The first-order valence-electron chi connectivity index (χ1n) is 17.1. The van der Waals surface area contributed by atoms with Crippen molar-refractivity contribution in [2.24, 2.45) is 22.7 Å². The standard InChI is InChI=1S/C36H52F7NO2/c1-4-33-20-18-25-23-27(45)14-15-28(25)31(33)26(24-32(2)29(33)16-17-30(32)46)13-9-5-7-11-21-44(3)22-12-8-6-10-19-34(37,38)35(39,40)36(41,42)43/h4,14-15,23,26,29-31,45-46H,1,5-13,16-22,24H2,2-3H3/t26?,29-,30+,31-,32+,33+/m1/s1. The molecule has 1 aromatic rings. The molecule has 0 spiro atoms. The number of alkyl halides is 7. The predicted molar refractivity (Wildman–Crippen MR) is 166 cm³/mol. The van der Waals surface area contributed by atoms with Crippen LogP contribution in [0.2, 0.25) is 0 Å². The highest BCUT2D eigenvalue weighted by Crippen LogP contribution is 2.69. The van der Waals surface area contributed by atoms with E-state index >= 15 is 0 Å². The molecule has 1 unspecified atom stereocenters. The number of hydrogen-bond donors (Lipinski definition) is 2. The maximum Gasteiger partial charge on any atom is 0.459 e. The molecule has 0 radical (unpaired) electrons. The Labute approximate surface area is 269 Å². The molecule has 0 amide bonds. The third-order valence-electron chi connectivity index (χ3n) is 11.8. The van der Waals surface area contributed by atoms with Gasteiger partial charge in [0.05, 0.1) is 6.10 Å². The second-order valence-corrected chi connectivity index (χ2v) is 14.7. The zero-order chi connectivity index (χ0) is 34.0. The number of hydrogen-bond acceptors (Lipinski definition) is 3. The lowest BCUT2D eigenvalue weighted by atomic mass is 9.44. The number of nitrogens with zero attached hydrogens (tertiary/aromatic N) is 1. The van der Waals surface area contributed by atoms with Gasteiger partial charge in [-0.25, -0.2) is 0 Å². The first kappa shape index (κ1) is 37.0. The van der Waals surface area contributed by atoms with Gasteiger partial charge >= 0.3 is 18.0 Å². The van der Waals surface area contributed by atoms with Gasteiger partial charge in [0, 0.05) is 6.42 Å². The summed E-state index contributed by atoms with van der Waals surface area (Å²) in [6, 6.07) is 5.85. The summed E-state index contributed by atoms with van der Waals surface area (Å²) in [7, 11) is 1.97. The number of aliphatic hydroxyl groups excluding tert-OH is 1. The topological polar surface area (TPSA) is 43.7 Å². The molecule has 2 fully saturated rings. The predicted octanol–water partition coefficient (Wildman–Crippen LogP) is 10.1. The Hall–Kier alpha value is -1.81. The van der Waals surface area contributed by atoms with Crippen molar-refractivity contribution < 1.29 is 40.9 Å². The van der Waals surface area contributed by atoms with E-state index in [4.69, 9.17) is 0 Å². The third kappa shape index (κ3) is 7.28. The van der Waals surface area contributed by atoms with Crippen LogP contribution in [-0.2, 0) is 6.42 Å². The van der Waals surface area contributed by atoms with E-state index in [0.717, 1.165) is 70.8 Å². The Morgan fingerprint density at radius 1 is 0.935 bits per heavy atom. The molecular formula is C36H52F7NO2. The number of phenols is 1. The highest BCUT2D eigenvalue weighted by Gasteiger charge is 2.72. The van der Waals surface area contributed by atoms with Crippen LogP contribution in [0.4, 0.5) is 30.7 Å². The molecule has 1 aromatic carbocycles. The molecule has 3 nitrogen and oxygen atoms in total. The highest BCUT2D eigenvalue weighted by molar-refractivity contribution is 5.43. The number of fused-ring (bicyclic) bond motifs is 5. The summed E-state index contributed by atoms with van der Waals surface area (Å²) in [6.45, 7) is 8.23. The highest BCUT2D eigenvalue weighted by atomic mass is 19.4. The van der Waals surface area contributed by atoms with Gasteiger partial charge in [-0.05, 0) is 130 Å². The van der Waals surface area contributed by atoms with Crippen molar-refractivity contribution >= 4 is 0 Å². The molecule has 2 N–H and O–H groups in total. The maximum absolute atomic E-state index is 13.4. The van der Waals surface area contributed by atoms with Crippen molar-refractivity contribution in [1.82, 2.24) is 4.90 Å². The minimum absolute atomic E-state index is 0.0587. The number of aromatic hydroxyl groups is 1. The number of phenolic OH excluding ortho intramolecular Hbond substituents is 1. The summed E-state index contributed by atoms with van der Waals surface area (Å²) in [5.74, 6) is -9.67. The van der Waals surface area contributed by atoms with E-state index in [1.165, 1.54) is 11.1 Å². The number of aryl methyl sites for hydroxylation is 1. The Kier molecular flexibility index (Phi) is 11.5. The van der Waals surface area contributed by atoms with E-state index in [1.807, 2.05) is 13.1 Å². The minimum Gasteiger partial charge on any atom is -0.508 e. The summed E-state index contributed by atoms with van der Waals surface area (Å²) in [6.07, 6.45) is 5.15. The van der Waals surface area contributed by atoms with Crippen molar-refractivity contribution in [3.05, 3.63) is 42.0 Å². The summed E-state index contributed by atoms with van der Waals surface area (Å²) in [5, 5.41) is 21.3. The van der Waals surface area contributed by atoms with Crippen molar-refractivity contribution in [2.75, 3.05) is 20.1 Å². The number of rotatable bonds is 16. The molecule has 10 heteroatoms. The van der Waals surface area contributed by atoms with E-state index in [2.05, 4.69) is 30.5 Å². The monoisotopic (exact) mass is 663 g/mol. The van der Waals surface area contributed by atoms with E-state index in [1.54, 1.807) is 6.07 Å². The number of aliphatic hydroxyl groups is 1. The smallest absolute Gasteiger partial charge is 0.459 e. The summed E-state index contributed by atoms with van der Waals surface area (Å²) in [5.41, 5.74) is 2.39. The third-order valence-corrected chi connectivity index (χ3v) is 11.8.